The lowest BCUT2D eigenvalue weighted by Crippen LogP contribution is -2.47. The maximum atomic E-state index is 12.3. The average Bonchev–Trinajstić information content (AvgIpc) is 2.86. The van der Waals surface area contributed by atoms with Crippen molar-refractivity contribution in [2.45, 2.75) is 69.9 Å². The molecule has 0 aromatic heterocycles. The smallest absolute Gasteiger partial charge is 0.317 e. The largest absolute Gasteiger partial charge is 0.335 e. The van der Waals surface area contributed by atoms with Gasteiger partial charge in [-0.2, -0.15) is 0 Å². The van der Waals surface area contributed by atoms with E-state index in [1.807, 2.05) is 4.90 Å². The minimum atomic E-state index is 0.168. The standard InChI is InChI=1S/C14H27N3O/c15-10-4-8-13-9-5-11-17(13)14(18)16-12-6-2-1-3-7-12/h12-13H,1-11,15H2,(H,16,18). The van der Waals surface area contributed by atoms with E-state index in [1.54, 1.807) is 0 Å². The van der Waals surface area contributed by atoms with Gasteiger partial charge in [-0.05, 0) is 45.1 Å². The molecule has 18 heavy (non-hydrogen) atoms. The number of nitrogens with one attached hydrogen (secondary N) is 1. The Balaban J connectivity index is 1.79. The van der Waals surface area contributed by atoms with Gasteiger partial charge in [-0.3, -0.25) is 0 Å². The Morgan fingerprint density at radius 3 is 2.67 bits per heavy atom. The van der Waals surface area contributed by atoms with E-state index in [2.05, 4.69) is 5.32 Å². The number of nitrogens with two attached hydrogens (primary N) is 1. The van der Waals surface area contributed by atoms with Crippen LogP contribution in [-0.4, -0.2) is 36.1 Å². The molecule has 1 aliphatic heterocycles. The molecule has 1 saturated heterocycles. The summed E-state index contributed by atoms with van der Waals surface area (Å²) in [7, 11) is 0. The number of rotatable bonds is 4. The second-order valence-electron chi connectivity index (χ2n) is 5.70. The maximum absolute atomic E-state index is 12.3. The summed E-state index contributed by atoms with van der Waals surface area (Å²) < 4.78 is 0. The molecule has 1 aliphatic carbocycles. The molecule has 1 unspecified atom stereocenters. The van der Waals surface area contributed by atoms with Crippen molar-refractivity contribution >= 4 is 6.03 Å². The molecule has 0 radical (unpaired) electrons. The van der Waals surface area contributed by atoms with E-state index in [9.17, 15) is 4.79 Å². The fourth-order valence-corrected chi connectivity index (χ4v) is 3.26. The quantitative estimate of drug-likeness (QED) is 0.807. The van der Waals surface area contributed by atoms with Crippen molar-refractivity contribution in [3.05, 3.63) is 0 Å². The van der Waals surface area contributed by atoms with Crippen LogP contribution in [0.2, 0.25) is 0 Å². The summed E-state index contributed by atoms with van der Waals surface area (Å²) >= 11 is 0. The monoisotopic (exact) mass is 253 g/mol. The molecular weight excluding hydrogens is 226 g/mol. The Labute approximate surface area is 110 Å². The zero-order chi connectivity index (χ0) is 12.8. The molecule has 1 atom stereocenters. The lowest BCUT2D eigenvalue weighted by Gasteiger charge is -2.29. The van der Waals surface area contributed by atoms with Gasteiger partial charge in [0.05, 0.1) is 0 Å². The molecule has 104 valence electrons. The van der Waals surface area contributed by atoms with Gasteiger partial charge in [-0.1, -0.05) is 19.3 Å². The van der Waals surface area contributed by atoms with Gasteiger partial charge in [-0.15, -0.1) is 0 Å². The van der Waals surface area contributed by atoms with Crippen molar-refractivity contribution < 1.29 is 4.79 Å². The van der Waals surface area contributed by atoms with E-state index in [-0.39, 0.29) is 6.03 Å². The first-order chi connectivity index (χ1) is 8.81. The minimum Gasteiger partial charge on any atom is -0.335 e. The number of likely N-dealkylation sites (tertiary alicyclic amines) is 1. The predicted octanol–water partition coefficient (Wildman–Crippen LogP) is 2.23. The fraction of sp³-hybridized carbons (Fsp3) is 0.929. The first kappa shape index (κ1) is 13.7. The highest BCUT2D eigenvalue weighted by molar-refractivity contribution is 5.75. The number of carbonyl (C=O) groups is 1. The summed E-state index contributed by atoms with van der Waals surface area (Å²) in [6, 6.07) is 1.01. The molecule has 4 nitrogen and oxygen atoms in total. The van der Waals surface area contributed by atoms with E-state index >= 15 is 0 Å². The molecular formula is C14H27N3O. The van der Waals surface area contributed by atoms with Crippen molar-refractivity contribution in [3.8, 4) is 0 Å². The Kier molecular flexibility index (Phi) is 5.29. The van der Waals surface area contributed by atoms with Crippen molar-refractivity contribution in [2.24, 2.45) is 5.73 Å². The van der Waals surface area contributed by atoms with Gasteiger partial charge in [0.25, 0.3) is 0 Å². The van der Waals surface area contributed by atoms with Crippen LogP contribution in [0.3, 0.4) is 0 Å². The van der Waals surface area contributed by atoms with Gasteiger partial charge in [-0.25, -0.2) is 4.79 Å². The molecule has 2 rings (SSSR count). The fourth-order valence-electron chi connectivity index (χ4n) is 3.26. The van der Waals surface area contributed by atoms with Crippen LogP contribution in [0.4, 0.5) is 4.79 Å². The van der Waals surface area contributed by atoms with Crippen molar-refractivity contribution in [1.82, 2.24) is 10.2 Å². The summed E-state index contributed by atoms with van der Waals surface area (Å²) in [6.07, 6.45) is 10.6. The molecule has 0 spiro atoms. The Morgan fingerprint density at radius 2 is 1.94 bits per heavy atom. The maximum Gasteiger partial charge on any atom is 0.317 e. The number of amides is 2. The first-order valence-electron chi connectivity index (χ1n) is 7.58. The molecule has 3 N–H and O–H groups in total. The van der Waals surface area contributed by atoms with Crippen LogP contribution < -0.4 is 11.1 Å². The van der Waals surface area contributed by atoms with Crippen LogP contribution in [0.1, 0.15) is 57.8 Å². The summed E-state index contributed by atoms with van der Waals surface area (Å²) in [4.78, 5) is 14.3. The van der Waals surface area contributed by atoms with E-state index in [0.717, 1.165) is 51.6 Å². The van der Waals surface area contributed by atoms with Gasteiger partial charge in [0.15, 0.2) is 0 Å². The molecule has 0 bridgehead atoms. The van der Waals surface area contributed by atoms with Crippen molar-refractivity contribution in [3.63, 3.8) is 0 Å². The van der Waals surface area contributed by atoms with E-state index in [0.29, 0.717) is 12.1 Å². The van der Waals surface area contributed by atoms with Gasteiger partial charge < -0.3 is 16.0 Å². The highest BCUT2D eigenvalue weighted by Gasteiger charge is 2.29. The van der Waals surface area contributed by atoms with Gasteiger partial charge in [0.1, 0.15) is 0 Å². The summed E-state index contributed by atoms with van der Waals surface area (Å²) in [5.41, 5.74) is 5.56. The lowest BCUT2D eigenvalue weighted by molar-refractivity contribution is 0.182. The molecule has 0 aromatic carbocycles. The lowest BCUT2D eigenvalue weighted by atomic mass is 9.96. The number of nitrogens with zero attached hydrogens (tertiary/aromatic N) is 1. The van der Waals surface area contributed by atoms with Crippen LogP contribution in [0.25, 0.3) is 0 Å². The SMILES string of the molecule is NCCCC1CCCN1C(=O)NC1CCCCC1. The molecule has 1 saturated carbocycles. The van der Waals surface area contributed by atoms with Crippen molar-refractivity contribution in [1.29, 1.82) is 0 Å². The number of carbonyl (C=O) groups excluding carboxylic acids is 1. The van der Waals surface area contributed by atoms with Crippen LogP contribution in [0, 0.1) is 0 Å². The Bertz CT molecular complexity index is 264. The molecule has 2 fully saturated rings. The number of hydrogen-bond donors (Lipinski definition) is 2. The van der Waals surface area contributed by atoms with Crippen LogP contribution in [-0.2, 0) is 0 Å². The van der Waals surface area contributed by atoms with Crippen LogP contribution >= 0.6 is 0 Å². The van der Waals surface area contributed by atoms with Crippen LogP contribution in [0.15, 0.2) is 0 Å². The first-order valence-corrected chi connectivity index (χ1v) is 7.58. The zero-order valence-electron chi connectivity index (χ0n) is 11.4. The Morgan fingerprint density at radius 1 is 1.17 bits per heavy atom. The molecule has 0 aromatic rings. The third-order valence-electron chi connectivity index (χ3n) is 4.31. The Hall–Kier alpha value is -0.770. The van der Waals surface area contributed by atoms with E-state index < -0.39 is 0 Å². The zero-order valence-corrected chi connectivity index (χ0v) is 11.4. The third kappa shape index (κ3) is 3.61. The highest BCUT2D eigenvalue weighted by atomic mass is 16.2. The predicted molar refractivity (Wildman–Crippen MR) is 73.4 cm³/mol. The van der Waals surface area contributed by atoms with Crippen molar-refractivity contribution in [2.75, 3.05) is 13.1 Å². The van der Waals surface area contributed by atoms with Gasteiger partial charge in [0, 0.05) is 18.6 Å². The minimum absolute atomic E-state index is 0.168. The van der Waals surface area contributed by atoms with Crippen LogP contribution in [0.5, 0.6) is 0 Å². The molecule has 2 amide bonds. The van der Waals surface area contributed by atoms with E-state index in [4.69, 9.17) is 5.73 Å². The highest BCUT2D eigenvalue weighted by Crippen LogP contribution is 2.22. The topological polar surface area (TPSA) is 58.4 Å². The second kappa shape index (κ2) is 6.98. The molecule has 1 heterocycles. The normalized spacial score (nSPS) is 25.4. The second-order valence-corrected chi connectivity index (χ2v) is 5.70. The van der Waals surface area contributed by atoms with E-state index in [1.165, 1.54) is 19.3 Å². The average molecular weight is 253 g/mol. The van der Waals surface area contributed by atoms with Gasteiger partial charge in [0.2, 0.25) is 0 Å². The molecule has 2 aliphatic rings. The number of urea groups is 1. The summed E-state index contributed by atoms with van der Waals surface area (Å²) in [5.74, 6) is 0. The molecule has 4 heteroatoms. The summed E-state index contributed by atoms with van der Waals surface area (Å²) in [5, 5.41) is 3.22. The summed E-state index contributed by atoms with van der Waals surface area (Å²) in [6.45, 7) is 1.66. The van der Waals surface area contributed by atoms with Gasteiger partial charge >= 0.3 is 6.03 Å². The third-order valence-corrected chi connectivity index (χ3v) is 4.31. The number of hydrogen-bond acceptors (Lipinski definition) is 2.